The molecule has 5 heteroatoms. The van der Waals surface area contributed by atoms with E-state index in [2.05, 4.69) is 10.3 Å². The van der Waals surface area contributed by atoms with Crippen molar-refractivity contribution in [2.24, 2.45) is 0 Å². The van der Waals surface area contributed by atoms with Crippen molar-refractivity contribution in [2.75, 3.05) is 19.6 Å². The largest absolute Gasteiger partial charge is 0.361 e. The maximum absolute atomic E-state index is 12.1. The van der Waals surface area contributed by atoms with E-state index >= 15 is 0 Å². The molecule has 1 aliphatic heterocycles. The molecule has 2 N–H and O–H groups in total. The molecule has 5 nitrogen and oxygen atoms in total. The Bertz CT molecular complexity index is 656. The summed E-state index contributed by atoms with van der Waals surface area (Å²) >= 11 is 0. The number of rotatable bonds is 4. The molecule has 3 rings (SSSR count). The van der Waals surface area contributed by atoms with Crippen LogP contribution in [-0.2, 0) is 4.79 Å². The smallest absolute Gasteiger partial charge is 0.251 e. The first-order chi connectivity index (χ1) is 10.2. The molecule has 2 aromatic rings. The van der Waals surface area contributed by atoms with Crippen LogP contribution in [0.25, 0.3) is 10.9 Å². The van der Waals surface area contributed by atoms with Gasteiger partial charge in [0, 0.05) is 48.7 Å². The normalized spacial score (nSPS) is 14.6. The van der Waals surface area contributed by atoms with Crippen LogP contribution in [0.2, 0.25) is 0 Å². The molecule has 0 bridgehead atoms. The fourth-order valence-corrected chi connectivity index (χ4v) is 2.70. The summed E-state index contributed by atoms with van der Waals surface area (Å²) in [6.07, 6.45) is 4.41. The summed E-state index contributed by atoms with van der Waals surface area (Å²) in [6.45, 7) is 2.10. The second-order valence-electron chi connectivity index (χ2n) is 5.37. The van der Waals surface area contributed by atoms with Crippen molar-refractivity contribution in [3.8, 4) is 0 Å². The number of H-pyrrole nitrogens is 1. The molecule has 0 atom stereocenters. The van der Waals surface area contributed by atoms with Gasteiger partial charge in [0.25, 0.3) is 5.91 Å². The highest BCUT2D eigenvalue weighted by atomic mass is 16.2. The molecule has 2 amide bonds. The molecule has 0 aliphatic carbocycles. The summed E-state index contributed by atoms with van der Waals surface area (Å²) in [7, 11) is 0. The zero-order valence-corrected chi connectivity index (χ0v) is 11.9. The molecule has 2 heterocycles. The van der Waals surface area contributed by atoms with Crippen LogP contribution >= 0.6 is 0 Å². The average molecular weight is 285 g/mol. The summed E-state index contributed by atoms with van der Waals surface area (Å²) in [6, 6.07) is 7.46. The third-order valence-electron chi connectivity index (χ3n) is 3.90. The van der Waals surface area contributed by atoms with Crippen molar-refractivity contribution < 1.29 is 9.59 Å². The summed E-state index contributed by atoms with van der Waals surface area (Å²) in [4.78, 5) is 28.9. The predicted octanol–water partition coefficient (Wildman–Crippen LogP) is 1.91. The number of hydrogen-bond donors (Lipinski definition) is 2. The van der Waals surface area contributed by atoms with Crippen LogP contribution in [-0.4, -0.2) is 41.3 Å². The van der Waals surface area contributed by atoms with Crippen molar-refractivity contribution in [2.45, 2.75) is 19.3 Å². The number of carbonyl (C=O) groups excluding carboxylic acids is 2. The van der Waals surface area contributed by atoms with Crippen LogP contribution in [0.5, 0.6) is 0 Å². The van der Waals surface area contributed by atoms with E-state index < -0.39 is 0 Å². The van der Waals surface area contributed by atoms with Crippen molar-refractivity contribution in [3.63, 3.8) is 0 Å². The molecule has 1 saturated heterocycles. The second kappa shape index (κ2) is 5.99. The second-order valence-corrected chi connectivity index (χ2v) is 5.37. The van der Waals surface area contributed by atoms with Gasteiger partial charge < -0.3 is 15.2 Å². The Morgan fingerprint density at radius 3 is 2.81 bits per heavy atom. The fraction of sp³-hybridized carbons (Fsp3) is 0.375. The molecule has 1 aromatic carbocycles. The minimum absolute atomic E-state index is 0.132. The van der Waals surface area contributed by atoms with Gasteiger partial charge in [-0.2, -0.15) is 0 Å². The number of carbonyl (C=O) groups is 2. The molecule has 0 saturated carbocycles. The Morgan fingerprint density at radius 2 is 2.00 bits per heavy atom. The molecule has 1 aliphatic rings. The van der Waals surface area contributed by atoms with Crippen LogP contribution < -0.4 is 5.32 Å². The first kappa shape index (κ1) is 13.7. The van der Waals surface area contributed by atoms with Crippen LogP contribution in [0.15, 0.2) is 30.5 Å². The molecule has 0 radical (unpaired) electrons. The zero-order valence-electron chi connectivity index (χ0n) is 11.9. The zero-order chi connectivity index (χ0) is 14.7. The lowest BCUT2D eigenvalue weighted by Gasteiger charge is -2.15. The lowest BCUT2D eigenvalue weighted by atomic mass is 10.1. The number of fused-ring (bicyclic) bond motifs is 1. The number of benzene rings is 1. The van der Waals surface area contributed by atoms with Crippen molar-refractivity contribution in [1.82, 2.24) is 15.2 Å². The van der Waals surface area contributed by atoms with E-state index in [9.17, 15) is 9.59 Å². The van der Waals surface area contributed by atoms with Gasteiger partial charge in [-0.25, -0.2) is 0 Å². The Kier molecular flexibility index (Phi) is 3.90. The minimum Gasteiger partial charge on any atom is -0.361 e. The van der Waals surface area contributed by atoms with E-state index in [1.54, 1.807) is 6.07 Å². The number of nitrogens with zero attached hydrogens (tertiary/aromatic N) is 1. The number of amides is 2. The Labute approximate surface area is 123 Å². The van der Waals surface area contributed by atoms with Gasteiger partial charge in [0.15, 0.2) is 0 Å². The standard InChI is InChI=1S/C16H19N3O2/c20-15(19-9-1-2-10-19)6-8-18-16(21)13-3-4-14-12(11-13)5-7-17-14/h3-5,7,11,17H,1-2,6,8-10H2,(H,18,21). The van der Waals surface area contributed by atoms with Gasteiger partial charge >= 0.3 is 0 Å². The quantitative estimate of drug-likeness (QED) is 0.901. The monoisotopic (exact) mass is 285 g/mol. The van der Waals surface area contributed by atoms with E-state index in [1.165, 1.54) is 0 Å². The van der Waals surface area contributed by atoms with Crippen molar-refractivity contribution in [1.29, 1.82) is 0 Å². The van der Waals surface area contributed by atoms with Gasteiger partial charge in [-0.3, -0.25) is 9.59 Å². The van der Waals surface area contributed by atoms with E-state index in [0.29, 0.717) is 18.5 Å². The third kappa shape index (κ3) is 3.07. The first-order valence-corrected chi connectivity index (χ1v) is 7.37. The number of aromatic amines is 1. The Hall–Kier alpha value is -2.30. The summed E-state index contributed by atoms with van der Waals surface area (Å²) in [5.41, 5.74) is 1.63. The van der Waals surface area contributed by atoms with Crippen LogP contribution in [0, 0.1) is 0 Å². The number of aromatic nitrogens is 1. The topological polar surface area (TPSA) is 65.2 Å². The van der Waals surface area contributed by atoms with Crippen LogP contribution in [0.3, 0.4) is 0 Å². The van der Waals surface area contributed by atoms with E-state index in [1.807, 2.05) is 29.3 Å². The Morgan fingerprint density at radius 1 is 1.19 bits per heavy atom. The summed E-state index contributed by atoms with van der Waals surface area (Å²) < 4.78 is 0. The maximum Gasteiger partial charge on any atom is 0.251 e. The van der Waals surface area contributed by atoms with Crippen LogP contribution in [0.1, 0.15) is 29.6 Å². The first-order valence-electron chi connectivity index (χ1n) is 7.37. The molecular formula is C16H19N3O2. The number of nitrogens with one attached hydrogen (secondary N) is 2. The minimum atomic E-state index is -0.132. The molecule has 110 valence electrons. The molecular weight excluding hydrogens is 266 g/mol. The number of hydrogen-bond acceptors (Lipinski definition) is 2. The summed E-state index contributed by atoms with van der Waals surface area (Å²) in [5, 5.41) is 3.82. The molecule has 1 fully saturated rings. The van der Waals surface area contributed by atoms with Gasteiger partial charge in [0.1, 0.15) is 0 Å². The highest BCUT2D eigenvalue weighted by Gasteiger charge is 2.17. The SMILES string of the molecule is O=C(NCCC(=O)N1CCCC1)c1ccc2[nH]ccc2c1. The van der Waals surface area contributed by atoms with Crippen molar-refractivity contribution >= 4 is 22.7 Å². The predicted molar refractivity (Wildman–Crippen MR) is 81.1 cm³/mol. The lowest BCUT2D eigenvalue weighted by Crippen LogP contribution is -2.32. The molecule has 21 heavy (non-hydrogen) atoms. The lowest BCUT2D eigenvalue weighted by molar-refractivity contribution is -0.129. The summed E-state index contributed by atoms with van der Waals surface area (Å²) in [5.74, 6) is 0.00112. The van der Waals surface area contributed by atoms with Gasteiger partial charge in [-0.15, -0.1) is 0 Å². The van der Waals surface area contributed by atoms with E-state index in [-0.39, 0.29) is 11.8 Å². The molecule has 0 unspecified atom stereocenters. The van der Waals surface area contributed by atoms with E-state index in [4.69, 9.17) is 0 Å². The van der Waals surface area contributed by atoms with Gasteiger partial charge in [-0.1, -0.05) is 0 Å². The maximum atomic E-state index is 12.1. The fourth-order valence-electron chi connectivity index (χ4n) is 2.70. The van der Waals surface area contributed by atoms with Gasteiger partial charge in [0.05, 0.1) is 0 Å². The third-order valence-corrected chi connectivity index (χ3v) is 3.90. The highest BCUT2D eigenvalue weighted by Crippen LogP contribution is 2.14. The highest BCUT2D eigenvalue weighted by molar-refractivity contribution is 5.98. The van der Waals surface area contributed by atoms with Gasteiger partial charge in [-0.05, 0) is 37.1 Å². The molecule has 1 aromatic heterocycles. The average Bonchev–Trinajstić information content (AvgIpc) is 3.17. The van der Waals surface area contributed by atoms with E-state index in [0.717, 1.165) is 36.8 Å². The molecule has 0 spiro atoms. The van der Waals surface area contributed by atoms with Crippen molar-refractivity contribution in [3.05, 3.63) is 36.0 Å². The van der Waals surface area contributed by atoms with Crippen LogP contribution in [0.4, 0.5) is 0 Å². The van der Waals surface area contributed by atoms with Gasteiger partial charge in [0.2, 0.25) is 5.91 Å². The number of likely N-dealkylation sites (tertiary alicyclic amines) is 1. The Balaban J connectivity index is 1.52.